The van der Waals surface area contributed by atoms with Crippen LogP contribution in [0.3, 0.4) is 0 Å². The van der Waals surface area contributed by atoms with Gasteiger partial charge in [0.05, 0.1) is 11.8 Å². The molecule has 7 heteroatoms. The average Bonchev–Trinajstić information content (AvgIpc) is 2.36. The molecule has 1 aromatic heterocycles. The Bertz CT molecular complexity index is 464. The third kappa shape index (κ3) is 3.41. The van der Waals surface area contributed by atoms with Gasteiger partial charge in [-0.1, -0.05) is 5.16 Å². The minimum absolute atomic E-state index is 0.0273. The number of hydrogen-bond acceptors (Lipinski definition) is 4. The van der Waals surface area contributed by atoms with E-state index in [2.05, 4.69) is 10.1 Å². The van der Waals surface area contributed by atoms with Crippen molar-refractivity contribution in [3.63, 3.8) is 0 Å². The minimum atomic E-state index is -0.571. The number of halogens is 1. The monoisotopic (exact) mass is 254 g/mol. The lowest BCUT2D eigenvalue weighted by Crippen LogP contribution is -2.37. The van der Waals surface area contributed by atoms with Crippen LogP contribution in [0.25, 0.3) is 0 Å². The first-order valence-electron chi connectivity index (χ1n) is 5.29. The number of aromatic nitrogens is 1. The molecule has 1 amide bonds. The van der Waals surface area contributed by atoms with Crippen LogP contribution < -0.4 is 5.73 Å². The predicted molar refractivity (Wildman–Crippen MR) is 63.8 cm³/mol. The van der Waals surface area contributed by atoms with E-state index in [4.69, 9.17) is 10.9 Å². The van der Waals surface area contributed by atoms with E-state index in [0.717, 1.165) is 12.3 Å². The van der Waals surface area contributed by atoms with Gasteiger partial charge in [0.1, 0.15) is 11.7 Å². The molecule has 18 heavy (non-hydrogen) atoms. The Morgan fingerprint density at radius 3 is 2.89 bits per heavy atom. The maximum Gasteiger partial charge on any atom is 0.255 e. The normalized spacial score (nSPS) is 13.2. The van der Waals surface area contributed by atoms with Gasteiger partial charge in [-0.05, 0) is 13.0 Å². The van der Waals surface area contributed by atoms with Gasteiger partial charge >= 0.3 is 0 Å². The Hall–Kier alpha value is -2.18. The molecule has 0 saturated carbocycles. The third-order valence-corrected chi connectivity index (χ3v) is 2.57. The Labute approximate surface area is 104 Å². The van der Waals surface area contributed by atoms with E-state index in [1.54, 1.807) is 14.0 Å². The summed E-state index contributed by atoms with van der Waals surface area (Å²) in [6, 6.07) is 0.832. The lowest BCUT2D eigenvalue weighted by Gasteiger charge is -2.24. The first-order valence-corrected chi connectivity index (χ1v) is 5.29. The lowest BCUT2D eigenvalue weighted by atomic mass is 10.1. The van der Waals surface area contributed by atoms with Gasteiger partial charge in [-0.2, -0.15) is 0 Å². The standard InChI is InChI=1S/C11H15FN4O2/c1-7(3-10(13)15-18)16(2)11(17)8-4-9(12)6-14-5-8/h4-7,18H,3H2,1-2H3,(H2,13,15). The van der Waals surface area contributed by atoms with Crippen LogP contribution in [0.15, 0.2) is 23.6 Å². The summed E-state index contributed by atoms with van der Waals surface area (Å²) >= 11 is 0. The molecule has 0 bridgehead atoms. The van der Waals surface area contributed by atoms with Crippen LogP contribution in [0, 0.1) is 5.82 Å². The summed E-state index contributed by atoms with van der Waals surface area (Å²) in [5.41, 5.74) is 5.52. The van der Waals surface area contributed by atoms with Crippen molar-refractivity contribution in [1.29, 1.82) is 0 Å². The number of oxime groups is 1. The predicted octanol–water partition coefficient (Wildman–Crippen LogP) is 0.818. The Morgan fingerprint density at radius 1 is 1.67 bits per heavy atom. The van der Waals surface area contributed by atoms with Gasteiger partial charge in [0.2, 0.25) is 0 Å². The summed E-state index contributed by atoms with van der Waals surface area (Å²) in [6.07, 6.45) is 2.54. The number of hydrogen-bond donors (Lipinski definition) is 2. The number of amidine groups is 1. The fourth-order valence-corrected chi connectivity index (χ4v) is 1.41. The number of nitrogens with zero attached hydrogens (tertiary/aromatic N) is 3. The van der Waals surface area contributed by atoms with Crippen molar-refractivity contribution >= 4 is 11.7 Å². The zero-order valence-electron chi connectivity index (χ0n) is 10.2. The molecule has 1 rings (SSSR count). The second-order valence-electron chi connectivity index (χ2n) is 3.95. The molecule has 0 saturated heterocycles. The molecular formula is C11H15FN4O2. The van der Waals surface area contributed by atoms with Crippen LogP contribution in [0.5, 0.6) is 0 Å². The van der Waals surface area contributed by atoms with Gasteiger partial charge in [0, 0.05) is 25.7 Å². The highest BCUT2D eigenvalue weighted by atomic mass is 19.1. The third-order valence-electron chi connectivity index (χ3n) is 2.57. The molecule has 1 atom stereocenters. The largest absolute Gasteiger partial charge is 0.409 e. The van der Waals surface area contributed by atoms with Crippen LogP contribution in [-0.4, -0.2) is 39.9 Å². The fourth-order valence-electron chi connectivity index (χ4n) is 1.41. The molecule has 0 aromatic carbocycles. The topological polar surface area (TPSA) is 91.8 Å². The number of rotatable bonds is 4. The van der Waals surface area contributed by atoms with E-state index >= 15 is 0 Å². The van der Waals surface area contributed by atoms with Crippen molar-refractivity contribution in [2.24, 2.45) is 10.9 Å². The van der Waals surface area contributed by atoms with Gasteiger partial charge < -0.3 is 15.8 Å². The first kappa shape index (κ1) is 13.9. The molecule has 1 heterocycles. The minimum Gasteiger partial charge on any atom is -0.409 e. The van der Waals surface area contributed by atoms with E-state index in [-0.39, 0.29) is 29.8 Å². The van der Waals surface area contributed by atoms with Gasteiger partial charge in [-0.15, -0.1) is 0 Å². The second kappa shape index (κ2) is 5.95. The van der Waals surface area contributed by atoms with Crippen LogP contribution in [0.1, 0.15) is 23.7 Å². The van der Waals surface area contributed by atoms with E-state index in [1.807, 2.05) is 0 Å². The van der Waals surface area contributed by atoms with Crippen LogP contribution in [0.2, 0.25) is 0 Å². The zero-order valence-corrected chi connectivity index (χ0v) is 10.2. The zero-order chi connectivity index (χ0) is 13.7. The number of amides is 1. The van der Waals surface area contributed by atoms with Gasteiger partial charge in [0.15, 0.2) is 0 Å². The van der Waals surface area contributed by atoms with E-state index in [9.17, 15) is 9.18 Å². The summed E-state index contributed by atoms with van der Waals surface area (Å²) in [5, 5.41) is 11.3. The Morgan fingerprint density at radius 2 is 2.33 bits per heavy atom. The quantitative estimate of drug-likeness (QED) is 0.360. The van der Waals surface area contributed by atoms with Crippen molar-refractivity contribution in [1.82, 2.24) is 9.88 Å². The molecule has 1 unspecified atom stereocenters. The molecule has 98 valence electrons. The van der Waals surface area contributed by atoms with Crippen molar-refractivity contribution in [2.45, 2.75) is 19.4 Å². The van der Waals surface area contributed by atoms with Crippen molar-refractivity contribution in [2.75, 3.05) is 7.05 Å². The molecule has 0 spiro atoms. The van der Waals surface area contributed by atoms with Crippen LogP contribution >= 0.6 is 0 Å². The number of pyridine rings is 1. The molecule has 0 aliphatic rings. The highest BCUT2D eigenvalue weighted by molar-refractivity contribution is 5.94. The SMILES string of the molecule is CC(C/C(N)=N/O)N(C)C(=O)c1cncc(F)c1. The molecule has 0 aliphatic heterocycles. The van der Waals surface area contributed by atoms with E-state index in [1.165, 1.54) is 11.1 Å². The lowest BCUT2D eigenvalue weighted by molar-refractivity contribution is 0.0746. The molecule has 0 radical (unpaired) electrons. The highest BCUT2D eigenvalue weighted by Gasteiger charge is 2.19. The maximum atomic E-state index is 13.0. The van der Waals surface area contributed by atoms with Gasteiger partial charge in [-0.25, -0.2) is 4.39 Å². The van der Waals surface area contributed by atoms with Crippen molar-refractivity contribution in [3.8, 4) is 0 Å². The highest BCUT2D eigenvalue weighted by Crippen LogP contribution is 2.09. The van der Waals surface area contributed by atoms with Gasteiger partial charge in [-0.3, -0.25) is 9.78 Å². The van der Waals surface area contributed by atoms with Crippen LogP contribution in [-0.2, 0) is 0 Å². The summed E-state index contributed by atoms with van der Waals surface area (Å²) in [6.45, 7) is 1.74. The molecule has 0 fully saturated rings. The summed E-state index contributed by atoms with van der Waals surface area (Å²) in [7, 11) is 1.56. The Balaban J connectivity index is 2.78. The second-order valence-corrected chi connectivity index (χ2v) is 3.95. The molecular weight excluding hydrogens is 239 g/mol. The average molecular weight is 254 g/mol. The summed E-state index contributed by atoms with van der Waals surface area (Å²) in [5.74, 6) is -0.918. The maximum absolute atomic E-state index is 13.0. The number of carbonyl (C=O) groups is 1. The first-order chi connectivity index (χ1) is 8.45. The van der Waals surface area contributed by atoms with Gasteiger partial charge in [0.25, 0.3) is 5.91 Å². The molecule has 1 aromatic rings. The summed E-state index contributed by atoms with van der Waals surface area (Å²) in [4.78, 5) is 17.0. The van der Waals surface area contributed by atoms with Crippen molar-refractivity contribution in [3.05, 3.63) is 29.8 Å². The smallest absolute Gasteiger partial charge is 0.255 e. The van der Waals surface area contributed by atoms with Crippen molar-refractivity contribution < 1.29 is 14.4 Å². The number of carbonyl (C=O) groups excluding carboxylic acids is 1. The van der Waals surface area contributed by atoms with Crippen LogP contribution in [0.4, 0.5) is 4.39 Å². The molecule has 3 N–H and O–H groups in total. The molecule has 0 aliphatic carbocycles. The Kier molecular flexibility index (Phi) is 4.59. The van der Waals surface area contributed by atoms with E-state index in [0.29, 0.717) is 0 Å². The van der Waals surface area contributed by atoms with E-state index < -0.39 is 5.82 Å². The molecule has 6 nitrogen and oxygen atoms in total. The fraction of sp³-hybridized carbons (Fsp3) is 0.364. The number of nitrogens with two attached hydrogens (primary N) is 1. The summed E-state index contributed by atoms with van der Waals surface area (Å²) < 4.78 is 13.0.